The molecule has 3 atom stereocenters. The summed E-state index contributed by atoms with van der Waals surface area (Å²) < 4.78 is 39.0. The fourth-order valence-corrected chi connectivity index (χ4v) is 5.77. The van der Waals surface area contributed by atoms with Crippen molar-refractivity contribution in [2.24, 2.45) is 5.41 Å². The second kappa shape index (κ2) is 6.09. The normalized spacial score (nSPS) is 25.6. The third-order valence-corrected chi connectivity index (χ3v) is 7.16. The van der Waals surface area contributed by atoms with Crippen molar-refractivity contribution in [3.8, 4) is 0 Å². The van der Waals surface area contributed by atoms with E-state index in [1.807, 2.05) is 0 Å². The lowest BCUT2D eigenvalue weighted by molar-refractivity contribution is -0.145. The van der Waals surface area contributed by atoms with Crippen LogP contribution in [-0.4, -0.2) is 36.5 Å². The van der Waals surface area contributed by atoms with Crippen molar-refractivity contribution in [1.82, 2.24) is 0 Å². The molecule has 3 rings (SSSR count). The number of carboxylic acids is 1. The highest BCUT2D eigenvalue weighted by atomic mass is 35.5. The molecule has 1 aliphatic rings. The molecule has 0 spiro atoms. The zero-order valence-electron chi connectivity index (χ0n) is 12.8. The minimum Gasteiger partial charge on any atom is -0.481 e. The van der Waals surface area contributed by atoms with Gasteiger partial charge in [-0.3, -0.25) is 4.79 Å². The fourth-order valence-electron chi connectivity index (χ4n) is 3.28. The predicted molar refractivity (Wildman–Crippen MR) is 88.7 cm³/mol. The molecule has 0 unspecified atom stereocenters. The van der Waals surface area contributed by atoms with Crippen LogP contribution in [0.4, 0.5) is 4.39 Å². The van der Waals surface area contributed by atoms with Crippen LogP contribution in [0.5, 0.6) is 0 Å². The minimum atomic E-state index is -4.05. The summed E-state index contributed by atoms with van der Waals surface area (Å²) in [5, 5.41) is 18.3. The van der Waals surface area contributed by atoms with Gasteiger partial charge in [-0.2, -0.15) is 0 Å². The van der Waals surface area contributed by atoms with Gasteiger partial charge in [0.15, 0.2) is 9.84 Å². The van der Waals surface area contributed by atoms with E-state index in [1.165, 1.54) is 36.4 Å². The first kappa shape index (κ1) is 17.8. The molecule has 8 heteroatoms. The largest absolute Gasteiger partial charge is 0.481 e. The zero-order valence-corrected chi connectivity index (χ0v) is 14.3. The van der Waals surface area contributed by atoms with E-state index in [-0.39, 0.29) is 4.90 Å². The zero-order chi connectivity index (χ0) is 18.4. The van der Waals surface area contributed by atoms with Crippen LogP contribution in [0.2, 0.25) is 5.02 Å². The molecule has 0 heterocycles. The number of benzene rings is 2. The predicted octanol–water partition coefficient (Wildman–Crippen LogP) is 2.48. The monoisotopic (exact) mass is 384 g/mol. The summed E-state index contributed by atoms with van der Waals surface area (Å²) in [7, 11) is -4.05. The summed E-state index contributed by atoms with van der Waals surface area (Å²) in [5.41, 5.74) is -1.52. The number of aliphatic hydroxyl groups is 1. The van der Waals surface area contributed by atoms with Crippen LogP contribution in [0, 0.1) is 11.2 Å². The van der Waals surface area contributed by atoms with Gasteiger partial charge in [-0.25, -0.2) is 12.8 Å². The maximum Gasteiger partial charge on any atom is 0.314 e. The van der Waals surface area contributed by atoms with E-state index < -0.39 is 44.8 Å². The first-order chi connectivity index (χ1) is 11.7. The van der Waals surface area contributed by atoms with Gasteiger partial charge in [0.2, 0.25) is 0 Å². The molecule has 1 aliphatic carbocycles. The van der Waals surface area contributed by atoms with Gasteiger partial charge in [0.05, 0.1) is 16.8 Å². The van der Waals surface area contributed by atoms with Gasteiger partial charge in [0, 0.05) is 10.9 Å². The first-order valence-corrected chi connectivity index (χ1v) is 9.27. The summed E-state index contributed by atoms with van der Waals surface area (Å²) in [4.78, 5) is 11.7. The summed E-state index contributed by atoms with van der Waals surface area (Å²) in [6.45, 7) is -0.845. The molecular weight excluding hydrogens is 371 g/mol. The molecule has 0 bridgehead atoms. The SMILES string of the molecule is O=C(O)[C@@]1(CO)[C@H](c2ccc(F)cc2)[C@@H]1S(=O)(=O)c1ccc(Cl)cc1. The van der Waals surface area contributed by atoms with Crippen molar-refractivity contribution in [1.29, 1.82) is 0 Å². The number of rotatable bonds is 5. The molecular formula is C17H14ClFO5S. The molecule has 0 radical (unpaired) electrons. The maximum absolute atomic E-state index is 13.1. The number of hydrogen-bond acceptors (Lipinski definition) is 4. The molecule has 25 heavy (non-hydrogen) atoms. The van der Waals surface area contributed by atoms with E-state index in [1.54, 1.807) is 0 Å². The Morgan fingerprint density at radius 2 is 1.68 bits per heavy atom. The smallest absolute Gasteiger partial charge is 0.314 e. The average molecular weight is 385 g/mol. The number of carboxylic acid groups (broad SMARTS) is 1. The van der Waals surface area contributed by atoms with Crippen molar-refractivity contribution in [3.63, 3.8) is 0 Å². The van der Waals surface area contributed by atoms with E-state index in [4.69, 9.17) is 11.6 Å². The standard InChI is InChI=1S/C17H14ClFO5S/c18-11-3-7-13(8-4-11)25(23,24)15-14(17(15,9-20)16(21)22)10-1-5-12(19)6-2-10/h1-8,14-15,20H,9H2,(H,21,22)/t14-,15+,17+/m1/s1. The highest BCUT2D eigenvalue weighted by Gasteiger charge is 2.75. The van der Waals surface area contributed by atoms with Gasteiger partial charge in [-0.15, -0.1) is 0 Å². The van der Waals surface area contributed by atoms with Gasteiger partial charge in [0.25, 0.3) is 0 Å². The molecule has 2 aromatic rings. The van der Waals surface area contributed by atoms with Gasteiger partial charge >= 0.3 is 5.97 Å². The Hall–Kier alpha value is -1.96. The molecule has 2 N–H and O–H groups in total. The minimum absolute atomic E-state index is 0.0782. The van der Waals surface area contributed by atoms with Gasteiger partial charge in [0.1, 0.15) is 11.2 Å². The van der Waals surface area contributed by atoms with Gasteiger partial charge < -0.3 is 10.2 Å². The van der Waals surface area contributed by atoms with E-state index in [9.17, 15) is 27.8 Å². The number of halogens is 2. The van der Waals surface area contributed by atoms with E-state index >= 15 is 0 Å². The van der Waals surface area contributed by atoms with Crippen LogP contribution < -0.4 is 0 Å². The molecule has 1 saturated carbocycles. The van der Waals surface area contributed by atoms with Crippen LogP contribution in [-0.2, 0) is 14.6 Å². The van der Waals surface area contributed by atoms with Crippen molar-refractivity contribution < 1.29 is 27.8 Å². The Balaban J connectivity index is 2.10. The summed E-state index contributed by atoms with van der Waals surface area (Å²) in [6.07, 6.45) is 0. The number of aliphatic hydroxyl groups excluding tert-OH is 1. The van der Waals surface area contributed by atoms with Crippen molar-refractivity contribution in [3.05, 3.63) is 64.9 Å². The van der Waals surface area contributed by atoms with Gasteiger partial charge in [-0.05, 0) is 42.0 Å². The number of carbonyl (C=O) groups is 1. The van der Waals surface area contributed by atoms with Crippen molar-refractivity contribution in [2.75, 3.05) is 6.61 Å². The lowest BCUT2D eigenvalue weighted by Gasteiger charge is -2.09. The molecule has 0 aliphatic heterocycles. The first-order valence-electron chi connectivity index (χ1n) is 7.34. The molecule has 0 saturated heterocycles. The van der Waals surface area contributed by atoms with Crippen LogP contribution in [0.15, 0.2) is 53.4 Å². The molecule has 0 amide bonds. The number of hydrogen-bond donors (Lipinski definition) is 2. The van der Waals surface area contributed by atoms with Crippen LogP contribution >= 0.6 is 11.6 Å². The molecule has 132 valence electrons. The molecule has 5 nitrogen and oxygen atoms in total. The summed E-state index contributed by atoms with van der Waals surface area (Å²) >= 11 is 5.77. The fraction of sp³-hybridized carbons (Fsp3) is 0.235. The van der Waals surface area contributed by atoms with Crippen LogP contribution in [0.3, 0.4) is 0 Å². The Kier molecular flexibility index (Phi) is 4.35. The molecule has 2 aromatic carbocycles. The number of aliphatic carboxylic acids is 1. The third-order valence-electron chi connectivity index (χ3n) is 4.62. The second-order valence-electron chi connectivity index (χ2n) is 5.95. The Morgan fingerprint density at radius 3 is 2.16 bits per heavy atom. The van der Waals surface area contributed by atoms with Crippen molar-refractivity contribution >= 4 is 27.4 Å². The summed E-state index contributed by atoms with van der Waals surface area (Å²) in [6, 6.07) is 10.3. The van der Waals surface area contributed by atoms with Crippen molar-refractivity contribution in [2.45, 2.75) is 16.1 Å². The maximum atomic E-state index is 13.1. The van der Waals surface area contributed by atoms with Gasteiger partial charge in [-0.1, -0.05) is 23.7 Å². The Labute approximate surface area is 148 Å². The quantitative estimate of drug-likeness (QED) is 0.826. The summed E-state index contributed by atoms with van der Waals surface area (Å²) in [5.74, 6) is -2.91. The van der Waals surface area contributed by atoms with E-state index in [0.29, 0.717) is 10.6 Å². The Morgan fingerprint density at radius 1 is 1.12 bits per heavy atom. The number of sulfone groups is 1. The highest BCUT2D eigenvalue weighted by molar-refractivity contribution is 7.92. The lowest BCUT2D eigenvalue weighted by atomic mass is 10.0. The third kappa shape index (κ3) is 2.72. The van der Waals surface area contributed by atoms with Crippen LogP contribution in [0.1, 0.15) is 11.5 Å². The highest BCUT2D eigenvalue weighted by Crippen LogP contribution is 2.64. The topological polar surface area (TPSA) is 91.7 Å². The second-order valence-corrected chi connectivity index (χ2v) is 8.46. The van der Waals surface area contributed by atoms with E-state index in [2.05, 4.69) is 0 Å². The van der Waals surface area contributed by atoms with Crippen LogP contribution in [0.25, 0.3) is 0 Å². The molecule has 0 aromatic heterocycles. The lowest BCUT2D eigenvalue weighted by Crippen LogP contribution is -2.27. The Bertz CT molecular complexity index is 911. The molecule has 1 fully saturated rings. The van der Waals surface area contributed by atoms with E-state index in [0.717, 1.165) is 12.1 Å². The average Bonchev–Trinajstić information content (AvgIpc) is 3.27.